The van der Waals surface area contributed by atoms with Crippen molar-refractivity contribution in [3.05, 3.63) is 63.0 Å². The lowest BCUT2D eigenvalue weighted by atomic mass is 10.1. The minimum absolute atomic E-state index is 0.120. The van der Waals surface area contributed by atoms with Crippen LogP contribution in [-0.4, -0.2) is 36.1 Å². The molecule has 8 nitrogen and oxygen atoms in total. The van der Waals surface area contributed by atoms with Gasteiger partial charge in [0.05, 0.1) is 23.2 Å². The maximum Gasteiger partial charge on any atom is 0.338 e. The Balaban J connectivity index is 1.53. The lowest BCUT2D eigenvalue weighted by molar-refractivity contribution is 0.0467. The Kier molecular flexibility index (Phi) is 4.47. The first-order valence-corrected chi connectivity index (χ1v) is 11.2. The molecule has 4 rings (SSSR count). The highest BCUT2D eigenvalue weighted by molar-refractivity contribution is 7.92. The van der Waals surface area contributed by atoms with Crippen LogP contribution in [0.1, 0.15) is 28.5 Å². The first kappa shape index (κ1) is 18.6. The van der Waals surface area contributed by atoms with Gasteiger partial charge in [-0.25, -0.2) is 18.2 Å². The highest BCUT2D eigenvalue weighted by Crippen LogP contribution is 2.34. The van der Waals surface area contributed by atoms with Crippen molar-refractivity contribution in [2.45, 2.75) is 26.0 Å². The van der Waals surface area contributed by atoms with Gasteiger partial charge in [0.15, 0.2) is 4.96 Å². The monoisotopic (exact) mass is 419 g/mol. The molecule has 3 heterocycles. The zero-order valence-electron chi connectivity index (χ0n) is 15.2. The number of nitrogens with zero attached hydrogens (tertiary/aromatic N) is 3. The molecule has 28 heavy (non-hydrogen) atoms. The number of sulfonamides is 1. The largest absolute Gasteiger partial charge is 0.456 e. The van der Waals surface area contributed by atoms with Crippen LogP contribution in [0.5, 0.6) is 0 Å². The number of aromatic nitrogens is 2. The quantitative estimate of drug-likeness (QED) is 0.599. The molecular weight excluding hydrogens is 402 g/mol. The SMILES string of the molecule is CC1Cc2cc(C(=O)OCc3cc(=O)n4ccsc4n3)ccc2N1S(C)(=O)=O. The van der Waals surface area contributed by atoms with Gasteiger partial charge in [-0.1, -0.05) is 0 Å². The molecule has 1 unspecified atom stereocenters. The van der Waals surface area contributed by atoms with Gasteiger partial charge in [0.2, 0.25) is 10.0 Å². The molecule has 0 spiro atoms. The van der Waals surface area contributed by atoms with Gasteiger partial charge < -0.3 is 4.74 Å². The Hall–Kier alpha value is -2.72. The first-order chi connectivity index (χ1) is 13.2. The Morgan fingerprint density at radius 2 is 2.14 bits per heavy atom. The van der Waals surface area contributed by atoms with Crippen LogP contribution in [0.2, 0.25) is 0 Å². The van der Waals surface area contributed by atoms with E-state index < -0.39 is 16.0 Å². The summed E-state index contributed by atoms with van der Waals surface area (Å²) in [6.45, 7) is 1.70. The molecule has 1 aliphatic rings. The molecule has 1 aliphatic heterocycles. The number of anilines is 1. The Bertz CT molecular complexity index is 1250. The molecule has 0 saturated carbocycles. The number of carbonyl (C=O) groups is 1. The molecule has 3 aromatic rings. The Morgan fingerprint density at radius 1 is 1.36 bits per heavy atom. The van der Waals surface area contributed by atoms with Crippen molar-refractivity contribution >= 4 is 38.0 Å². The zero-order valence-corrected chi connectivity index (χ0v) is 16.8. The standard InChI is InChI=1S/C18H17N3O5S2/c1-11-7-13-8-12(3-4-15(13)21(11)28(2,24)25)17(23)26-10-14-9-16(22)20-5-6-27-18(20)19-14/h3-6,8-9,11H,7,10H2,1-2H3. The smallest absolute Gasteiger partial charge is 0.338 e. The molecule has 10 heteroatoms. The number of ether oxygens (including phenoxy) is 1. The summed E-state index contributed by atoms with van der Waals surface area (Å²) in [5.41, 5.74) is 1.84. The van der Waals surface area contributed by atoms with Gasteiger partial charge in [0.1, 0.15) is 6.61 Å². The summed E-state index contributed by atoms with van der Waals surface area (Å²) < 4.78 is 32.1. The number of carbonyl (C=O) groups excluding carboxylic acids is 1. The van der Waals surface area contributed by atoms with Crippen LogP contribution in [0.25, 0.3) is 4.96 Å². The van der Waals surface area contributed by atoms with Crippen molar-refractivity contribution in [2.24, 2.45) is 0 Å². The summed E-state index contributed by atoms with van der Waals surface area (Å²) in [7, 11) is -3.38. The van der Waals surface area contributed by atoms with Gasteiger partial charge in [-0.05, 0) is 37.1 Å². The third-order valence-electron chi connectivity index (χ3n) is 4.53. The molecule has 2 aromatic heterocycles. The number of esters is 1. The van der Waals surface area contributed by atoms with Crippen LogP contribution < -0.4 is 9.86 Å². The molecular formula is C18H17N3O5S2. The van der Waals surface area contributed by atoms with Crippen molar-refractivity contribution < 1.29 is 17.9 Å². The molecule has 1 aromatic carbocycles. The van der Waals surface area contributed by atoms with Gasteiger partial charge in [-0.15, -0.1) is 11.3 Å². The number of hydrogen-bond donors (Lipinski definition) is 0. The summed E-state index contributed by atoms with van der Waals surface area (Å²) in [6, 6.07) is 5.96. The second-order valence-electron chi connectivity index (χ2n) is 6.67. The van der Waals surface area contributed by atoms with E-state index in [9.17, 15) is 18.0 Å². The molecule has 0 amide bonds. The van der Waals surface area contributed by atoms with Crippen molar-refractivity contribution in [2.75, 3.05) is 10.6 Å². The lowest BCUT2D eigenvalue weighted by Gasteiger charge is -2.21. The molecule has 146 valence electrons. The average molecular weight is 419 g/mol. The van der Waals surface area contributed by atoms with Crippen molar-refractivity contribution in [1.82, 2.24) is 9.38 Å². The fourth-order valence-corrected chi connectivity index (χ4v) is 5.42. The van der Waals surface area contributed by atoms with E-state index >= 15 is 0 Å². The van der Waals surface area contributed by atoms with E-state index in [0.29, 0.717) is 28.3 Å². The highest BCUT2D eigenvalue weighted by Gasteiger charge is 2.32. The average Bonchev–Trinajstić information content (AvgIpc) is 3.21. The minimum atomic E-state index is -3.38. The van der Waals surface area contributed by atoms with E-state index in [4.69, 9.17) is 4.74 Å². The second kappa shape index (κ2) is 6.71. The third kappa shape index (κ3) is 3.29. The van der Waals surface area contributed by atoms with Gasteiger partial charge >= 0.3 is 5.97 Å². The first-order valence-electron chi connectivity index (χ1n) is 8.49. The molecule has 1 atom stereocenters. The van der Waals surface area contributed by atoms with E-state index in [1.807, 2.05) is 6.92 Å². The van der Waals surface area contributed by atoms with Crippen LogP contribution in [0, 0.1) is 0 Å². The highest BCUT2D eigenvalue weighted by atomic mass is 32.2. The van der Waals surface area contributed by atoms with Gasteiger partial charge in [0.25, 0.3) is 5.56 Å². The van der Waals surface area contributed by atoms with E-state index in [0.717, 1.165) is 5.56 Å². The fourth-order valence-electron chi connectivity index (χ4n) is 3.42. The molecule has 0 saturated heterocycles. The van der Waals surface area contributed by atoms with E-state index in [1.54, 1.807) is 29.8 Å². The minimum Gasteiger partial charge on any atom is -0.456 e. The molecule has 0 bridgehead atoms. The van der Waals surface area contributed by atoms with Crippen molar-refractivity contribution in [3.8, 4) is 0 Å². The maximum atomic E-state index is 12.4. The topological polar surface area (TPSA) is 98.1 Å². The van der Waals surface area contributed by atoms with Gasteiger partial charge in [0, 0.05) is 23.7 Å². The summed E-state index contributed by atoms with van der Waals surface area (Å²) in [4.78, 5) is 29.2. The summed E-state index contributed by atoms with van der Waals surface area (Å²) >= 11 is 1.32. The number of rotatable bonds is 4. The second-order valence-corrected chi connectivity index (χ2v) is 9.41. The summed E-state index contributed by atoms with van der Waals surface area (Å²) in [5.74, 6) is -0.554. The van der Waals surface area contributed by atoms with Crippen LogP contribution in [0.4, 0.5) is 5.69 Å². The van der Waals surface area contributed by atoms with Crippen LogP contribution in [-0.2, 0) is 27.8 Å². The van der Waals surface area contributed by atoms with Crippen LogP contribution in [0.3, 0.4) is 0 Å². The molecule has 0 radical (unpaired) electrons. The van der Waals surface area contributed by atoms with Crippen molar-refractivity contribution in [3.63, 3.8) is 0 Å². The summed E-state index contributed by atoms with van der Waals surface area (Å²) in [5, 5.41) is 1.75. The number of hydrogen-bond acceptors (Lipinski definition) is 7. The van der Waals surface area contributed by atoms with Crippen LogP contribution in [0.15, 0.2) is 40.6 Å². The Labute approximate surface area is 165 Å². The third-order valence-corrected chi connectivity index (χ3v) is 6.56. The van der Waals surface area contributed by atoms with Crippen molar-refractivity contribution in [1.29, 1.82) is 0 Å². The Morgan fingerprint density at radius 3 is 2.89 bits per heavy atom. The van der Waals surface area contributed by atoms with Gasteiger partial charge in [-0.3, -0.25) is 13.5 Å². The molecule has 0 N–H and O–H groups in total. The number of benzene rings is 1. The maximum absolute atomic E-state index is 12.4. The van der Waals surface area contributed by atoms with E-state index in [1.165, 1.54) is 32.4 Å². The lowest BCUT2D eigenvalue weighted by Crippen LogP contribution is -2.34. The number of fused-ring (bicyclic) bond motifs is 2. The summed E-state index contributed by atoms with van der Waals surface area (Å²) in [6.07, 6.45) is 3.33. The number of thiazole rings is 1. The normalized spacial score (nSPS) is 16.4. The molecule has 0 aliphatic carbocycles. The van der Waals surface area contributed by atoms with E-state index in [2.05, 4.69) is 4.98 Å². The fraction of sp³-hybridized carbons (Fsp3) is 0.278. The molecule has 0 fully saturated rings. The zero-order chi connectivity index (χ0) is 20.1. The predicted octanol–water partition coefficient (Wildman–Crippen LogP) is 1.82. The van der Waals surface area contributed by atoms with E-state index in [-0.39, 0.29) is 18.2 Å². The predicted molar refractivity (Wildman–Crippen MR) is 105 cm³/mol. The van der Waals surface area contributed by atoms with Crippen LogP contribution >= 0.6 is 11.3 Å². The van der Waals surface area contributed by atoms with Gasteiger partial charge in [-0.2, -0.15) is 0 Å².